The topological polar surface area (TPSA) is 140 Å². The van der Waals surface area contributed by atoms with E-state index in [-0.39, 0.29) is 36.4 Å². The molecular formula is C32H31F4N5O5. The monoisotopic (exact) mass is 641 g/mol. The van der Waals surface area contributed by atoms with Crippen LogP contribution in [-0.2, 0) is 23.0 Å². The molecule has 5 rings (SSSR count). The van der Waals surface area contributed by atoms with Crippen molar-refractivity contribution < 1.29 is 37.0 Å². The van der Waals surface area contributed by atoms with Gasteiger partial charge in [0.1, 0.15) is 17.9 Å². The predicted octanol–water partition coefficient (Wildman–Crippen LogP) is 4.13. The van der Waals surface area contributed by atoms with Crippen LogP contribution in [0.3, 0.4) is 0 Å². The summed E-state index contributed by atoms with van der Waals surface area (Å²) < 4.78 is 62.5. The summed E-state index contributed by atoms with van der Waals surface area (Å²) >= 11 is 0. The van der Waals surface area contributed by atoms with Crippen LogP contribution in [0.5, 0.6) is 0 Å². The number of halogens is 4. The molecule has 0 bridgehead atoms. The number of nitrogens with zero attached hydrogens (tertiary/aromatic N) is 3. The molecule has 3 heterocycles. The van der Waals surface area contributed by atoms with Crippen LogP contribution >= 0.6 is 0 Å². The van der Waals surface area contributed by atoms with E-state index in [1.54, 1.807) is 44.3 Å². The number of alkyl halides is 3. The molecule has 0 saturated carbocycles. The molecule has 0 radical (unpaired) electrons. The zero-order valence-electron chi connectivity index (χ0n) is 25.1. The summed E-state index contributed by atoms with van der Waals surface area (Å²) in [5.41, 5.74) is 7.96. The standard InChI is InChI=1S/C32H31F4N5O5/c1-16-11-19(41-9-10-46-15-26(41)32(34,35)36)13-23(33)27(16)29(42)39-25(31(44)45)12-18-6-7-21(28-20(18)5-4-8-38-28)22-14-24(37)17(2)40(3)30(22)43/h4-8,11,13-14,25-26H,9-10,12,15,37H2,1-3H3,(H,39,42)(H,44,45)/t25-,26+/m0/s1. The zero-order chi connectivity index (χ0) is 33.5. The fourth-order valence-corrected chi connectivity index (χ4v) is 5.68. The van der Waals surface area contributed by atoms with Crippen molar-refractivity contribution in [3.63, 3.8) is 0 Å². The minimum Gasteiger partial charge on any atom is -0.480 e. The van der Waals surface area contributed by atoms with Gasteiger partial charge in [-0.2, -0.15) is 13.2 Å². The van der Waals surface area contributed by atoms with Crippen molar-refractivity contribution in [2.45, 2.75) is 38.5 Å². The number of aromatic nitrogens is 2. The summed E-state index contributed by atoms with van der Waals surface area (Å²) in [6.45, 7) is 2.34. The third-order valence-electron chi connectivity index (χ3n) is 8.27. The number of nitrogens with one attached hydrogen (secondary N) is 1. The van der Waals surface area contributed by atoms with E-state index in [4.69, 9.17) is 10.5 Å². The van der Waals surface area contributed by atoms with Gasteiger partial charge in [0.05, 0.1) is 35.5 Å². The number of morpholine rings is 1. The lowest BCUT2D eigenvalue weighted by atomic mass is 9.95. The van der Waals surface area contributed by atoms with Gasteiger partial charge in [-0.25, -0.2) is 9.18 Å². The molecule has 1 aliphatic heterocycles. The number of rotatable bonds is 7. The molecule has 2 aromatic carbocycles. The minimum absolute atomic E-state index is 0.0106. The number of nitrogens with two attached hydrogens (primary N) is 1. The number of carboxylic acids is 1. The molecule has 4 N–H and O–H groups in total. The highest BCUT2D eigenvalue weighted by Gasteiger charge is 2.45. The van der Waals surface area contributed by atoms with Crippen LogP contribution < -0.4 is 21.5 Å². The number of aliphatic carboxylic acids is 1. The van der Waals surface area contributed by atoms with Gasteiger partial charge in [0.2, 0.25) is 0 Å². The smallest absolute Gasteiger partial charge is 0.411 e. The Balaban J connectivity index is 1.44. The summed E-state index contributed by atoms with van der Waals surface area (Å²) in [5.74, 6) is -3.53. The van der Waals surface area contributed by atoms with E-state index in [9.17, 15) is 32.7 Å². The second kappa shape index (κ2) is 12.4. The van der Waals surface area contributed by atoms with Gasteiger partial charge in [0, 0.05) is 48.5 Å². The van der Waals surface area contributed by atoms with Crippen LogP contribution in [0.4, 0.5) is 28.9 Å². The molecule has 46 heavy (non-hydrogen) atoms. The van der Waals surface area contributed by atoms with E-state index < -0.39 is 48.1 Å². The number of amides is 1. The molecule has 2 atom stereocenters. The van der Waals surface area contributed by atoms with Crippen molar-refractivity contribution in [1.29, 1.82) is 0 Å². The van der Waals surface area contributed by atoms with Crippen LogP contribution in [-0.4, -0.2) is 64.6 Å². The van der Waals surface area contributed by atoms with Gasteiger partial charge >= 0.3 is 12.1 Å². The number of anilines is 2. The lowest BCUT2D eigenvalue weighted by molar-refractivity contribution is -0.167. The molecule has 4 aromatic rings. The predicted molar refractivity (Wildman–Crippen MR) is 163 cm³/mol. The molecule has 2 aromatic heterocycles. The van der Waals surface area contributed by atoms with Crippen molar-refractivity contribution in [1.82, 2.24) is 14.9 Å². The Morgan fingerprint density at radius 1 is 1.17 bits per heavy atom. The lowest BCUT2D eigenvalue weighted by Gasteiger charge is -2.38. The fraction of sp³-hybridized carbons (Fsp3) is 0.312. The molecule has 0 spiro atoms. The number of hydrogen-bond donors (Lipinski definition) is 3. The lowest BCUT2D eigenvalue weighted by Crippen LogP contribution is -2.53. The first kappa shape index (κ1) is 32.4. The Morgan fingerprint density at radius 2 is 1.91 bits per heavy atom. The van der Waals surface area contributed by atoms with Gasteiger partial charge in [-0.05, 0) is 49.2 Å². The molecule has 1 fully saturated rings. The number of carboxylic acid groups (broad SMARTS) is 1. The van der Waals surface area contributed by atoms with Crippen LogP contribution in [0.15, 0.2) is 53.5 Å². The number of fused-ring (bicyclic) bond motifs is 1. The molecule has 0 unspecified atom stereocenters. The summed E-state index contributed by atoms with van der Waals surface area (Å²) in [7, 11) is 1.60. The Kier molecular flexibility index (Phi) is 8.76. The molecule has 0 aliphatic carbocycles. The Hall–Kier alpha value is -4.98. The summed E-state index contributed by atoms with van der Waals surface area (Å²) in [6, 6.07) is 6.74. The molecule has 1 aliphatic rings. The van der Waals surface area contributed by atoms with Crippen LogP contribution in [0.25, 0.3) is 22.0 Å². The van der Waals surface area contributed by atoms with Gasteiger partial charge in [0.15, 0.2) is 0 Å². The molecule has 242 valence electrons. The van der Waals surface area contributed by atoms with Crippen LogP contribution in [0.2, 0.25) is 0 Å². The van der Waals surface area contributed by atoms with E-state index in [0.717, 1.165) is 11.0 Å². The highest BCUT2D eigenvalue weighted by Crippen LogP contribution is 2.33. The first-order valence-electron chi connectivity index (χ1n) is 14.3. The summed E-state index contributed by atoms with van der Waals surface area (Å²) in [6.07, 6.45) is -3.33. The highest BCUT2D eigenvalue weighted by molar-refractivity contribution is 5.99. The van der Waals surface area contributed by atoms with Gasteiger partial charge in [-0.1, -0.05) is 18.2 Å². The van der Waals surface area contributed by atoms with E-state index in [1.165, 1.54) is 23.8 Å². The second-order valence-corrected chi connectivity index (χ2v) is 11.1. The van der Waals surface area contributed by atoms with Crippen LogP contribution in [0.1, 0.15) is 27.2 Å². The third kappa shape index (κ3) is 6.12. The SMILES string of the molecule is Cc1cc(N2CCOC[C@@H]2C(F)(F)F)cc(F)c1C(=O)N[C@@H](Cc1ccc(-c2cc(N)c(C)n(C)c2=O)c2ncccc12)C(=O)O. The molecule has 1 saturated heterocycles. The third-order valence-corrected chi connectivity index (χ3v) is 8.27. The summed E-state index contributed by atoms with van der Waals surface area (Å²) in [5, 5.41) is 12.9. The van der Waals surface area contributed by atoms with Crippen molar-refractivity contribution in [3.8, 4) is 11.1 Å². The second-order valence-electron chi connectivity index (χ2n) is 11.1. The molecule has 14 heteroatoms. The molecule has 1 amide bonds. The van der Waals surface area contributed by atoms with Gasteiger partial charge < -0.3 is 30.4 Å². The maximum absolute atomic E-state index is 15.4. The van der Waals surface area contributed by atoms with Crippen molar-refractivity contribution in [2.75, 3.05) is 30.4 Å². The fourth-order valence-electron chi connectivity index (χ4n) is 5.68. The number of carbonyl (C=O) groups is 2. The number of nitrogen functional groups attached to an aromatic ring is 1. The number of hydrogen-bond acceptors (Lipinski definition) is 7. The largest absolute Gasteiger partial charge is 0.480 e. The van der Waals surface area contributed by atoms with Crippen molar-refractivity contribution in [3.05, 3.63) is 87.2 Å². The highest BCUT2D eigenvalue weighted by atomic mass is 19.4. The minimum atomic E-state index is -4.63. The Labute approximate surface area is 260 Å². The Morgan fingerprint density at radius 3 is 2.59 bits per heavy atom. The molecule has 10 nitrogen and oxygen atoms in total. The average molecular weight is 642 g/mol. The quantitative estimate of drug-likeness (QED) is 0.256. The number of carbonyl (C=O) groups excluding carboxylic acids is 1. The first-order chi connectivity index (χ1) is 21.7. The zero-order valence-corrected chi connectivity index (χ0v) is 25.1. The van der Waals surface area contributed by atoms with Crippen molar-refractivity contribution in [2.24, 2.45) is 7.05 Å². The normalized spacial score (nSPS) is 16.0. The maximum Gasteiger partial charge on any atom is 0.411 e. The van der Waals surface area contributed by atoms with E-state index in [1.807, 2.05) is 0 Å². The molecular weight excluding hydrogens is 610 g/mol. The van der Waals surface area contributed by atoms with E-state index in [2.05, 4.69) is 10.3 Å². The van der Waals surface area contributed by atoms with Gasteiger partial charge in [0.25, 0.3) is 11.5 Å². The Bertz CT molecular complexity index is 1890. The number of pyridine rings is 2. The van der Waals surface area contributed by atoms with E-state index >= 15 is 4.39 Å². The number of aryl methyl sites for hydroxylation is 1. The van der Waals surface area contributed by atoms with Gasteiger partial charge in [-0.15, -0.1) is 0 Å². The number of ether oxygens (including phenoxy) is 1. The average Bonchev–Trinajstić information content (AvgIpc) is 3.01. The summed E-state index contributed by atoms with van der Waals surface area (Å²) in [4.78, 5) is 44.0. The van der Waals surface area contributed by atoms with E-state index in [0.29, 0.717) is 39.0 Å². The first-order valence-corrected chi connectivity index (χ1v) is 14.3. The number of benzene rings is 2. The van der Waals surface area contributed by atoms with Crippen LogP contribution in [0, 0.1) is 19.7 Å². The van der Waals surface area contributed by atoms with Gasteiger partial charge in [-0.3, -0.25) is 14.6 Å². The maximum atomic E-state index is 15.4. The van der Waals surface area contributed by atoms with Crippen molar-refractivity contribution >= 4 is 34.2 Å².